The van der Waals surface area contributed by atoms with Crippen molar-refractivity contribution in [2.24, 2.45) is 0 Å². The molecule has 7 aromatic rings. The molecule has 4 heterocycles. The van der Waals surface area contributed by atoms with Crippen molar-refractivity contribution in [3.63, 3.8) is 0 Å². The van der Waals surface area contributed by atoms with E-state index in [0.717, 1.165) is 43.5 Å². The Morgan fingerprint density at radius 1 is 0.814 bits per heavy atom. The van der Waals surface area contributed by atoms with Crippen molar-refractivity contribution in [1.82, 2.24) is 15.0 Å². The third-order valence-corrected chi connectivity index (χ3v) is 8.36. The molecule has 0 spiro atoms. The molecule has 4 nitrogen and oxygen atoms in total. The van der Waals surface area contributed by atoms with Crippen molar-refractivity contribution in [2.75, 3.05) is 0 Å². The van der Waals surface area contributed by atoms with Crippen LogP contribution in [0.3, 0.4) is 0 Å². The van der Waals surface area contributed by atoms with Gasteiger partial charge in [0.1, 0.15) is 11.1 Å². The molecule has 4 aromatic heterocycles. The summed E-state index contributed by atoms with van der Waals surface area (Å²) in [5.74, 6) is 0. The number of rotatable bonds is 2. The van der Waals surface area contributed by atoms with E-state index >= 15 is 0 Å². The summed E-state index contributed by atoms with van der Waals surface area (Å²) in [6.45, 7) is 5.24. The monoisotopic (exact) mass is 766 g/mol. The molecule has 0 aliphatic heterocycles. The van der Waals surface area contributed by atoms with Gasteiger partial charge in [0, 0.05) is 51.5 Å². The molecule has 0 N–H and O–H groups in total. The molecule has 0 atom stereocenters. The van der Waals surface area contributed by atoms with Gasteiger partial charge in [-0.25, -0.2) is 4.98 Å². The minimum Gasteiger partial charge on any atom is -0.498 e. The molecule has 1 radical (unpaired) electrons. The van der Waals surface area contributed by atoms with Gasteiger partial charge in [-0.1, -0.05) is 68.5 Å². The fourth-order valence-electron chi connectivity index (χ4n) is 4.58. The van der Waals surface area contributed by atoms with E-state index in [1.54, 1.807) is 17.4 Å². The average Bonchev–Trinajstić information content (AvgIpc) is 3.63. The third kappa shape index (κ3) is 6.19. The minimum atomic E-state index is -2.61. The van der Waals surface area contributed by atoms with Crippen LogP contribution in [-0.2, 0) is 25.5 Å². The first-order chi connectivity index (χ1) is 22.5. The predicted molar refractivity (Wildman–Crippen MR) is 175 cm³/mol. The average molecular weight is 766 g/mol. The van der Waals surface area contributed by atoms with Gasteiger partial charge in [-0.2, -0.15) is 0 Å². The van der Waals surface area contributed by atoms with Gasteiger partial charge in [0.15, 0.2) is 0 Å². The second kappa shape index (κ2) is 12.1. The summed E-state index contributed by atoms with van der Waals surface area (Å²) in [4.78, 5) is 13.5. The first-order valence-electron chi connectivity index (χ1n) is 16.6. The largest absolute Gasteiger partial charge is 0.498 e. The number of pyridine rings is 2. The fraction of sp³-hybridized carbons (Fsp3) is 0.216. The maximum atomic E-state index is 7.86. The second-order valence-electron chi connectivity index (χ2n) is 11.4. The van der Waals surface area contributed by atoms with Crippen molar-refractivity contribution in [2.45, 2.75) is 53.7 Å². The summed E-state index contributed by atoms with van der Waals surface area (Å²) < 4.78 is 54.0. The molecule has 0 fully saturated rings. The van der Waals surface area contributed by atoms with E-state index < -0.39 is 13.7 Å². The predicted octanol–water partition coefficient (Wildman–Crippen LogP) is 10.1. The van der Waals surface area contributed by atoms with Gasteiger partial charge in [-0.05, 0) is 49.2 Å². The summed E-state index contributed by atoms with van der Waals surface area (Å²) in [5, 5.41) is 2.72. The molecule has 0 unspecified atom stereocenters. The topological polar surface area (TPSA) is 51.8 Å². The second-order valence-corrected chi connectivity index (χ2v) is 12.4. The number of aromatic nitrogens is 3. The maximum Gasteiger partial charge on any atom is 0.148 e. The van der Waals surface area contributed by atoms with E-state index in [9.17, 15) is 0 Å². The van der Waals surface area contributed by atoms with Crippen molar-refractivity contribution in [3.8, 4) is 22.5 Å². The Balaban J connectivity index is 0.000000262. The number of furan rings is 1. The number of benzene rings is 3. The Hall–Kier alpha value is -3.70. The molecule has 219 valence electrons. The van der Waals surface area contributed by atoms with E-state index in [1.165, 1.54) is 17.2 Å². The van der Waals surface area contributed by atoms with Gasteiger partial charge in [0.25, 0.3) is 0 Å². The summed E-state index contributed by atoms with van der Waals surface area (Å²) in [6, 6.07) is 25.5. The van der Waals surface area contributed by atoms with Gasteiger partial charge >= 0.3 is 0 Å². The van der Waals surface area contributed by atoms with Gasteiger partial charge in [-0.3, -0.25) is 0 Å². The van der Waals surface area contributed by atoms with E-state index in [2.05, 4.69) is 61.9 Å². The van der Waals surface area contributed by atoms with Crippen molar-refractivity contribution < 1.29 is 32.7 Å². The zero-order valence-corrected chi connectivity index (χ0v) is 27.6. The number of hydrogen-bond donors (Lipinski definition) is 0. The number of nitrogens with zero attached hydrogens (tertiary/aromatic N) is 3. The van der Waals surface area contributed by atoms with Crippen LogP contribution >= 0.6 is 11.3 Å². The summed E-state index contributed by atoms with van der Waals surface area (Å²) in [5.41, 5.74) is 6.49. The molecule has 7 rings (SSSR count). The Kier molecular flexibility index (Phi) is 6.69. The van der Waals surface area contributed by atoms with E-state index in [1.807, 2.05) is 49.5 Å². The molecule has 43 heavy (non-hydrogen) atoms. The molecule has 0 amide bonds. The van der Waals surface area contributed by atoms with Crippen molar-refractivity contribution in [3.05, 3.63) is 112 Å². The number of aryl methyl sites for hydroxylation is 4. The fourth-order valence-corrected chi connectivity index (χ4v) is 5.60. The third-order valence-electron chi connectivity index (χ3n) is 6.92. The van der Waals surface area contributed by atoms with Crippen LogP contribution in [0.4, 0.5) is 0 Å². The van der Waals surface area contributed by atoms with Crippen LogP contribution in [-0.4, -0.2) is 15.0 Å². The minimum absolute atomic E-state index is 0. The zero-order chi connectivity index (χ0) is 34.6. The van der Waals surface area contributed by atoms with Crippen LogP contribution in [0.1, 0.15) is 56.3 Å². The summed E-state index contributed by atoms with van der Waals surface area (Å²) in [6.07, 6.45) is 3.00. The normalized spacial score (nSPS) is 14.1. The Labute approximate surface area is 279 Å². The van der Waals surface area contributed by atoms with Crippen LogP contribution in [0.15, 0.2) is 77.5 Å². The zero-order valence-electron chi connectivity index (χ0n) is 30.4. The van der Waals surface area contributed by atoms with Gasteiger partial charge in [0.2, 0.25) is 0 Å². The van der Waals surface area contributed by atoms with Gasteiger partial charge in [0.05, 0.1) is 15.3 Å². The number of fused-ring (bicyclic) bond motifs is 5. The van der Waals surface area contributed by atoms with Crippen LogP contribution in [0.25, 0.3) is 54.7 Å². The van der Waals surface area contributed by atoms with E-state index in [-0.39, 0.29) is 42.3 Å². The molecule has 0 aliphatic carbocycles. The molecule has 3 aromatic carbocycles. The smallest absolute Gasteiger partial charge is 0.148 e. The van der Waals surface area contributed by atoms with Crippen LogP contribution in [0.5, 0.6) is 0 Å². The molecular formula is C37H33IrN3OS-2. The molecule has 0 saturated carbocycles. The molecule has 6 heteroatoms. The maximum absolute atomic E-state index is 7.86. The van der Waals surface area contributed by atoms with Gasteiger partial charge < -0.3 is 14.4 Å². The summed E-state index contributed by atoms with van der Waals surface area (Å²) >= 11 is 1.63. The first-order valence-corrected chi connectivity index (χ1v) is 14.4. The van der Waals surface area contributed by atoms with Gasteiger partial charge in [-0.15, -0.1) is 64.9 Å². The van der Waals surface area contributed by atoms with E-state index in [0.29, 0.717) is 16.7 Å². The summed E-state index contributed by atoms with van der Waals surface area (Å²) in [7, 11) is 0. The molecular weight excluding hydrogens is 727 g/mol. The SMILES string of the molecule is Cc1c[c-]c(-c2ccc(C)cn2)cc1.[2H]C([2H])([2H])c1cnc(-c2[c-]ccc3c2oc2c3ccc3sc(C(C)(C)C)nc32)cc1C([2H])([2H])[2H].[Ir]. The molecule has 0 aliphatic rings. The first kappa shape index (κ1) is 23.7. The molecule has 0 bridgehead atoms. The van der Waals surface area contributed by atoms with Crippen molar-refractivity contribution >= 4 is 43.5 Å². The standard InChI is InChI=1S/C24H21N2OS.C13H12N.Ir/c1-13-11-18(25-12-14(13)2)17-8-6-7-15-16-9-10-19-20(22(16)27-21(15)17)26-23(28-19)24(3,4)5;1-10-3-6-12(7-4-10)13-8-5-11(2)9-14-13;/h6-7,9-12H,1-5H3;3-6,8-9H,1-2H3;/q2*-1;/i1D3,2D3;;. The Morgan fingerprint density at radius 2 is 1.58 bits per heavy atom. The quantitative estimate of drug-likeness (QED) is 0.165. The number of thiazole rings is 1. The Bertz CT molecular complexity index is 2220. The van der Waals surface area contributed by atoms with Crippen LogP contribution < -0.4 is 0 Å². The van der Waals surface area contributed by atoms with Crippen LogP contribution in [0, 0.1) is 39.7 Å². The van der Waals surface area contributed by atoms with E-state index in [4.69, 9.17) is 17.6 Å². The molecule has 0 saturated heterocycles. The number of hydrogen-bond acceptors (Lipinski definition) is 5. The van der Waals surface area contributed by atoms with Crippen molar-refractivity contribution in [1.29, 1.82) is 0 Å². The van der Waals surface area contributed by atoms with Crippen LogP contribution in [0.2, 0.25) is 0 Å². The Morgan fingerprint density at radius 3 is 2.28 bits per heavy atom.